The first kappa shape index (κ1) is 23.5. The molecule has 0 saturated carbocycles. The number of amides is 1. The second-order valence-electron chi connectivity index (χ2n) is 6.84. The normalized spacial score (nSPS) is 12.4. The van der Waals surface area contributed by atoms with Crippen LogP contribution in [0.3, 0.4) is 0 Å². The van der Waals surface area contributed by atoms with Crippen molar-refractivity contribution in [1.29, 1.82) is 0 Å². The van der Waals surface area contributed by atoms with Crippen LogP contribution in [0.1, 0.15) is 24.7 Å². The molecule has 1 aromatic carbocycles. The number of carbonyl (C=O) groups excluding carboxylic acids is 2. The van der Waals surface area contributed by atoms with E-state index in [-0.39, 0.29) is 24.5 Å². The summed E-state index contributed by atoms with van der Waals surface area (Å²) in [5.74, 6) is -1.06. The van der Waals surface area contributed by atoms with E-state index >= 15 is 0 Å². The van der Waals surface area contributed by atoms with Crippen molar-refractivity contribution in [1.82, 2.24) is 19.2 Å². The monoisotopic (exact) mass is 440 g/mol. The van der Waals surface area contributed by atoms with E-state index in [1.807, 2.05) is 0 Å². The second kappa shape index (κ2) is 9.81. The maximum absolute atomic E-state index is 13.3. The molecule has 2 aromatic rings. The lowest BCUT2D eigenvalue weighted by molar-refractivity contribution is -0.158. The first-order valence-corrected chi connectivity index (χ1v) is 10.7. The first-order chi connectivity index (χ1) is 14.0. The first-order valence-electron chi connectivity index (χ1n) is 9.18. The minimum atomic E-state index is -3.85. The van der Waals surface area contributed by atoms with Gasteiger partial charge < -0.3 is 14.2 Å². The van der Waals surface area contributed by atoms with E-state index in [9.17, 15) is 22.4 Å². The molecule has 30 heavy (non-hydrogen) atoms. The molecular formula is C19H25FN4O5S. The third-order valence-electron chi connectivity index (χ3n) is 4.32. The van der Waals surface area contributed by atoms with Gasteiger partial charge in [-0.3, -0.25) is 9.59 Å². The fraction of sp³-hybridized carbons (Fsp3) is 0.421. The Hall–Kier alpha value is -2.79. The number of benzene rings is 1. The van der Waals surface area contributed by atoms with Crippen molar-refractivity contribution in [3.63, 3.8) is 0 Å². The quantitative estimate of drug-likeness (QED) is 0.585. The number of hydrogen-bond donors (Lipinski definition) is 1. The van der Waals surface area contributed by atoms with Crippen LogP contribution in [-0.4, -0.2) is 54.4 Å². The lowest BCUT2D eigenvalue weighted by Gasteiger charge is -2.21. The molecule has 1 N–H and O–H groups in total. The van der Waals surface area contributed by atoms with Crippen molar-refractivity contribution in [2.75, 3.05) is 13.6 Å². The molecule has 0 spiro atoms. The Bertz CT molecular complexity index is 1000. The number of carbonyl (C=O) groups is 2. The highest BCUT2D eigenvalue weighted by Crippen LogP contribution is 2.09. The van der Waals surface area contributed by atoms with Gasteiger partial charge in [0.25, 0.3) is 15.9 Å². The fourth-order valence-electron chi connectivity index (χ4n) is 2.62. The largest absolute Gasteiger partial charge is 0.452 e. The molecule has 1 aromatic heterocycles. The molecule has 1 unspecified atom stereocenters. The molecule has 1 atom stereocenters. The van der Waals surface area contributed by atoms with Crippen LogP contribution in [-0.2, 0) is 37.9 Å². The van der Waals surface area contributed by atoms with Crippen LogP contribution in [0.5, 0.6) is 0 Å². The van der Waals surface area contributed by atoms with Gasteiger partial charge in [0.1, 0.15) is 11.6 Å². The number of aromatic nitrogens is 2. The molecule has 164 valence electrons. The lowest BCUT2D eigenvalue weighted by Crippen LogP contribution is -2.37. The van der Waals surface area contributed by atoms with Crippen LogP contribution in [0.2, 0.25) is 0 Å². The van der Waals surface area contributed by atoms with Crippen molar-refractivity contribution in [2.24, 2.45) is 7.05 Å². The Morgan fingerprint density at radius 2 is 2.07 bits per heavy atom. The van der Waals surface area contributed by atoms with Gasteiger partial charge in [0.05, 0.1) is 6.42 Å². The number of rotatable bonds is 9. The minimum absolute atomic E-state index is 0.140. The van der Waals surface area contributed by atoms with Crippen LogP contribution >= 0.6 is 0 Å². The summed E-state index contributed by atoms with van der Waals surface area (Å²) >= 11 is 0. The summed E-state index contributed by atoms with van der Waals surface area (Å²) in [7, 11) is -0.666. The molecule has 0 radical (unpaired) electrons. The number of imidazole rings is 1. The number of hydrogen-bond acceptors (Lipinski definition) is 6. The van der Waals surface area contributed by atoms with Crippen LogP contribution < -0.4 is 4.72 Å². The molecule has 0 fully saturated rings. The lowest BCUT2D eigenvalue weighted by atomic mass is 10.2. The Morgan fingerprint density at radius 1 is 1.37 bits per heavy atom. The third-order valence-corrected chi connectivity index (χ3v) is 5.66. The average molecular weight is 440 g/mol. The Balaban J connectivity index is 1.81. The Kier molecular flexibility index (Phi) is 7.68. The summed E-state index contributed by atoms with van der Waals surface area (Å²) in [4.78, 5) is 29.6. The molecule has 2 rings (SSSR count). The second-order valence-corrected chi connectivity index (χ2v) is 8.56. The smallest absolute Gasteiger partial charge is 0.307 e. The van der Waals surface area contributed by atoms with E-state index < -0.39 is 33.8 Å². The fourth-order valence-corrected chi connectivity index (χ4v) is 3.69. The average Bonchev–Trinajstić information content (AvgIpc) is 3.00. The molecule has 0 aliphatic carbocycles. The van der Waals surface area contributed by atoms with Gasteiger partial charge in [-0.1, -0.05) is 12.1 Å². The van der Waals surface area contributed by atoms with Gasteiger partial charge in [-0.05, 0) is 31.5 Å². The minimum Gasteiger partial charge on any atom is -0.452 e. The highest BCUT2D eigenvalue weighted by molar-refractivity contribution is 7.89. The highest BCUT2D eigenvalue weighted by Gasteiger charge is 2.23. The Morgan fingerprint density at radius 3 is 2.67 bits per heavy atom. The molecule has 0 aliphatic rings. The molecule has 1 heterocycles. The van der Waals surface area contributed by atoms with Crippen molar-refractivity contribution in [3.8, 4) is 0 Å². The molecule has 0 saturated heterocycles. The topological polar surface area (TPSA) is 111 Å². The van der Waals surface area contributed by atoms with E-state index in [1.165, 1.54) is 37.2 Å². The molecular weight excluding hydrogens is 415 g/mol. The number of esters is 1. The standard InChI is InChI=1S/C19H25FN4O5S/c1-13(19(26)24(4)11-15-6-5-7-16(20)10-15)29-18(25)8-9-21-30(27,28)17-12-23(3)14(2)22-17/h5-7,10,12-13,21H,8-9,11H2,1-4H3. The summed E-state index contributed by atoms with van der Waals surface area (Å²) in [6, 6.07) is 5.84. The van der Waals surface area contributed by atoms with E-state index in [1.54, 1.807) is 30.7 Å². The zero-order valence-corrected chi connectivity index (χ0v) is 18.1. The van der Waals surface area contributed by atoms with Gasteiger partial charge in [-0.25, -0.2) is 22.5 Å². The predicted molar refractivity (Wildman–Crippen MR) is 106 cm³/mol. The van der Waals surface area contributed by atoms with Crippen molar-refractivity contribution < 1.29 is 27.1 Å². The molecule has 0 aliphatic heterocycles. The summed E-state index contributed by atoms with van der Waals surface area (Å²) < 4.78 is 46.5. The number of likely N-dealkylation sites (N-methyl/N-ethyl adjacent to an activating group) is 1. The molecule has 0 bridgehead atoms. The van der Waals surface area contributed by atoms with Crippen molar-refractivity contribution >= 4 is 21.9 Å². The molecule has 9 nitrogen and oxygen atoms in total. The number of nitrogens with one attached hydrogen (secondary N) is 1. The van der Waals surface area contributed by atoms with E-state index in [4.69, 9.17) is 4.74 Å². The van der Waals surface area contributed by atoms with Crippen molar-refractivity contribution in [3.05, 3.63) is 47.7 Å². The third kappa shape index (κ3) is 6.36. The highest BCUT2D eigenvalue weighted by atomic mass is 32.2. The van der Waals surface area contributed by atoms with Gasteiger partial charge >= 0.3 is 5.97 Å². The Labute approximate surface area is 174 Å². The summed E-state index contributed by atoms with van der Waals surface area (Å²) in [5, 5.41) is -0.140. The number of halogens is 1. The molecule has 1 amide bonds. The SMILES string of the molecule is Cc1nc(S(=O)(=O)NCCC(=O)OC(C)C(=O)N(C)Cc2cccc(F)c2)cn1C. The number of ether oxygens (including phenoxy) is 1. The van der Waals surface area contributed by atoms with Gasteiger partial charge in [0, 0.05) is 33.4 Å². The van der Waals surface area contributed by atoms with Gasteiger partial charge in [0.2, 0.25) is 0 Å². The van der Waals surface area contributed by atoms with Gasteiger partial charge in [-0.15, -0.1) is 0 Å². The zero-order chi connectivity index (χ0) is 22.5. The van der Waals surface area contributed by atoms with Crippen LogP contribution in [0.15, 0.2) is 35.5 Å². The van der Waals surface area contributed by atoms with Crippen LogP contribution in [0.25, 0.3) is 0 Å². The van der Waals surface area contributed by atoms with Crippen LogP contribution in [0, 0.1) is 12.7 Å². The van der Waals surface area contributed by atoms with Gasteiger partial charge in [0.15, 0.2) is 11.1 Å². The zero-order valence-electron chi connectivity index (χ0n) is 17.3. The number of sulfonamides is 1. The van der Waals surface area contributed by atoms with E-state index in [0.29, 0.717) is 11.4 Å². The van der Waals surface area contributed by atoms with Gasteiger partial charge in [-0.2, -0.15) is 0 Å². The maximum atomic E-state index is 13.3. The van der Waals surface area contributed by atoms with Crippen LogP contribution in [0.4, 0.5) is 4.39 Å². The summed E-state index contributed by atoms with van der Waals surface area (Å²) in [6.07, 6.45) is 0.0488. The maximum Gasteiger partial charge on any atom is 0.307 e. The molecule has 11 heteroatoms. The summed E-state index contributed by atoms with van der Waals surface area (Å²) in [5.41, 5.74) is 0.601. The van der Waals surface area contributed by atoms with E-state index in [2.05, 4.69) is 9.71 Å². The summed E-state index contributed by atoms with van der Waals surface area (Å²) in [6.45, 7) is 3.04. The number of aryl methyl sites for hydroxylation is 2. The number of nitrogens with zero attached hydrogens (tertiary/aromatic N) is 3. The predicted octanol–water partition coefficient (Wildman–Crippen LogP) is 1.13. The van der Waals surface area contributed by atoms with E-state index in [0.717, 1.165) is 0 Å². The van der Waals surface area contributed by atoms with Crippen molar-refractivity contribution in [2.45, 2.75) is 37.9 Å².